The van der Waals surface area contributed by atoms with Crippen molar-refractivity contribution < 1.29 is 4.79 Å². The summed E-state index contributed by atoms with van der Waals surface area (Å²) >= 11 is 6.10. The van der Waals surface area contributed by atoms with Gasteiger partial charge in [0.15, 0.2) is 5.78 Å². The van der Waals surface area contributed by atoms with Crippen LogP contribution in [0.15, 0.2) is 42.6 Å². The van der Waals surface area contributed by atoms with Crippen LogP contribution in [0.3, 0.4) is 0 Å². The smallest absolute Gasteiger partial charge is 0.195 e. The van der Waals surface area contributed by atoms with Crippen LogP contribution in [0.5, 0.6) is 0 Å². The van der Waals surface area contributed by atoms with Crippen molar-refractivity contribution in [2.75, 3.05) is 0 Å². The van der Waals surface area contributed by atoms with E-state index in [0.29, 0.717) is 16.1 Å². The molecule has 0 unspecified atom stereocenters. The van der Waals surface area contributed by atoms with Gasteiger partial charge in [-0.2, -0.15) is 0 Å². The molecule has 1 aromatic heterocycles. The van der Waals surface area contributed by atoms with Crippen LogP contribution in [-0.4, -0.2) is 10.8 Å². The lowest BCUT2D eigenvalue weighted by Gasteiger charge is -2.03. The van der Waals surface area contributed by atoms with E-state index in [9.17, 15) is 4.79 Å². The van der Waals surface area contributed by atoms with Crippen LogP contribution in [0.25, 0.3) is 10.9 Å². The topological polar surface area (TPSA) is 32.9 Å². The third-order valence-corrected chi connectivity index (χ3v) is 3.92. The van der Waals surface area contributed by atoms with E-state index in [1.54, 1.807) is 12.3 Å². The molecular weight excluding hydrogens is 270 g/mol. The number of H-pyrrole nitrogens is 1. The first kappa shape index (κ1) is 12.9. The Balaban J connectivity index is 2.10. The number of aromatic nitrogens is 1. The van der Waals surface area contributed by atoms with Crippen molar-refractivity contribution in [2.24, 2.45) is 0 Å². The van der Waals surface area contributed by atoms with Gasteiger partial charge in [-0.05, 0) is 37.1 Å². The molecule has 3 heteroatoms. The van der Waals surface area contributed by atoms with Gasteiger partial charge >= 0.3 is 0 Å². The highest BCUT2D eigenvalue weighted by Gasteiger charge is 2.14. The van der Waals surface area contributed by atoms with E-state index in [2.05, 4.69) is 4.98 Å². The number of nitrogens with one attached hydrogen (secondary N) is 1. The molecule has 1 heterocycles. The van der Waals surface area contributed by atoms with Crippen molar-refractivity contribution in [3.05, 3.63) is 69.9 Å². The van der Waals surface area contributed by atoms with Gasteiger partial charge in [-0.15, -0.1) is 0 Å². The Morgan fingerprint density at radius 1 is 1.10 bits per heavy atom. The Morgan fingerprint density at radius 3 is 2.65 bits per heavy atom. The van der Waals surface area contributed by atoms with Gasteiger partial charge in [0.05, 0.1) is 0 Å². The molecule has 2 aromatic carbocycles. The lowest BCUT2D eigenvalue weighted by molar-refractivity contribution is 0.104. The van der Waals surface area contributed by atoms with E-state index in [0.717, 1.165) is 22.0 Å². The summed E-state index contributed by atoms with van der Waals surface area (Å²) in [5.41, 5.74) is 4.41. The quantitative estimate of drug-likeness (QED) is 0.681. The van der Waals surface area contributed by atoms with Crippen molar-refractivity contribution >= 4 is 28.3 Å². The molecule has 1 N–H and O–H groups in total. The number of benzene rings is 2. The highest BCUT2D eigenvalue weighted by atomic mass is 35.5. The zero-order valence-electron chi connectivity index (χ0n) is 11.3. The molecule has 0 aliphatic rings. The fourth-order valence-corrected chi connectivity index (χ4v) is 2.50. The minimum Gasteiger partial charge on any atom is -0.360 e. The van der Waals surface area contributed by atoms with Gasteiger partial charge in [0.25, 0.3) is 0 Å². The third-order valence-electron chi connectivity index (χ3n) is 3.52. The van der Waals surface area contributed by atoms with Crippen molar-refractivity contribution in [3.63, 3.8) is 0 Å². The van der Waals surface area contributed by atoms with Crippen molar-refractivity contribution in [1.82, 2.24) is 4.98 Å². The molecule has 2 nitrogen and oxygen atoms in total. The van der Waals surface area contributed by atoms with Crippen LogP contribution in [0.4, 0.5) is 0 Å². The van der Waals surface area contributed by atoms with Crippen molar-refractivity contribution in [1.29, 1.82) is 0 Å². The largest absolute Gasteiger partial charge is 0.360 e. The molecular formula is C17H14ClNO. The molecule has 100 valence electrons. The van der Waals surface area contributed by atoms with Gasteiger partial charge in [0.2, 0.25) is 0 Å². The first-order chi connectivity index (χ1) is 9.56. The van der Waals surface area contributed by atoms with Gasteiger partial charge in [-0.1, -0.05) is 35.9 Å². The molecule has 0 bridgehead atoms. The van der Waals surface area contributed by atoms with Crippen LogP contribution in [0, 0.1) is 13.8 Å². The number of fused-ring (bicyclic) bond motifs is 1. The summed E-state index contributed by atoms with van der Waals surface area (Å²) in [6.07, 6.45) is 1.76. The lowest BCUT2D eigenvalue weighted by Crippen LogP contribution is -2.00. The second-order valence-electron chi connectivity index (χ2n) is 5.04. The number of aryl methyl sites for hydroxylation is 2. The van der Waals surface area contributed by atoms with E-state index in [-0.39, 0.29) is 5.78 Å². The maximum Gasteiger partial charge on any atom is 0.195 e. The lowest BCUT2D eigenvalue weighted by atomic mass is 10.0. The predicted octanol–water partition coefficient (Wildman–Crippen LogP) is 4.67. The Hall–Kier alpha value is -2.06. The van der Waals surface area contributed by atoms with Crippen molar-refractivity contribution in [2.45, 2.75) is 13.8 Å². The molecule has 0 aliphatic carbocycles. The van der Waals surface area contributed by atoms with Gasteiger partial charge in [0.1, 0.15) is 0 Å². The summed E-state index contributed by atoms with van der Waals surface area (Å²) < 4.78 is 0. The molecule has 0 atom stereocenters. The molecule has 3 rings (SSSR count). The number of aromatic amines is 1. The highest BCUT2D eigenvalue weighted by Crippen LogP contribution is 2.24. The van der Waals surface area contributed by atoms with Gasteiger partial charge in [-0.25, -0.2) is 0 Å². The van der Waals surface area contributed by atoms with Gasteiger partial charge in [-0.3, -0.25) is 4.79 Å². The van der Waals surface area contributed by atoms with Crippen LogP contribution in [-0.2, 0) is 0 Å². The fraction of sp³-hybridized carbons (Fsp3) is 0.118. The monoisotopic (exact) mass is 283 g/mol. The zero-order chi connectivity index (χ0) is 14.3. The van der Waals surface area contributed by atoms with E-state index in [1.165, 1.54) is 0 Å². The van der Waals surface area contributed by atoms with Crippen LogP contribution in [0.2, 0.25) is 5.02 Å². The summed E-state index contributed by atoms with van der Waals surface area (Å²) in [6.45, 7) is 3.95. The zero-order valence-corrected chi connectivity index (χ0v) is 12.1. The summed E-state index contributed by atoms with van der Waals surface area (Å²) in [5, 5.41) is 1.56. The third kappa shape index (κ3) is 2.12. The molecule has 0 amide bonds. The first-order valence-corrected chi connectivity index (χ1v) is 6.82. The number of halogens is 1. The number of carbonyl (C=O) groups excluding carboxylic acids is 1. The maximum absolute atomic E-state index is 12.6. The average Bonchev–Trinajstić information content (AvgIpc) is 2.84. The number of hydrogen-bond donors (Lipinski definition) is 1. The average molecular weight is 284 g/mol. The van der Waals surface area contributed by atoms with Crippen molar-refractivity contribution in [3.8, 4) is 0 Å². The summed E-state index contributed by atoms with van der Waals surface area (Å²) in [6, 6.07) is 11.4. The Morgan fingerprint density at radius 2 is 1.90 bits per heavy atom. The standard InChI is InChI=1S/C17H14ClNO/c1-10-3-6-13-14(9-19-16(13)7-10)17(20)12-5-4-11(2)15(18)8-12/h3-9,19H,1-2H3. The number of ketones is 1. The van der Waals surface area contributed by atoms with Gasteiger partial charge < -0.3 is 4.98 Å². The number of hydrogen-bond acceptors (Lipinski definition) is 1. The Kier molecular flexibility index (Phi) is 3.11. The minimum absolute atomic E-state index is 0.0120. The SMILES string of the molecule is Cc1ccc2c(C(=O)c3ccc(C)c(Cl)c3)c[nH]c2c1. The minimum atomic E-state index is -0.0120. The highest BCUT2D eigenvalue weighted by molar-refractivity contribution is 6.32. The molecule has 0 radical (unpaired) electrons. The number of carbonyl (C=O) groups is 1. The summed E-state index contributed by atoms with van der Waals surface area (Å²) in [7, 11) is 0. The molecule has 20 heavy (non-hydrogen) atoms. The Bertz CT molecular complexity index is 817. The van der Waals surface area contributed by atoms with E-state index >= 15 is 0 Å². The maximum atomic E-state index is 12.6. The molecule has 0 saturated heterocycles. The number of rotatable bonds is 2. The molecule has 0 saturated carbocycles. The normalized spacial score (nSPS) is 10.9. The molecule has 3 aromatic rings. The molecule has 0 aliphatic heterocycles. The predicted molar refractivity (Wildman–Crippen MR) is 82.7 cm³/mol. The summed E-state index contributed by atoms with van der Waals surface area (Å²) in [5.74, 6) is -0.0120. The van der Waals surface area contributed by atoms with Gasteiger partial charge in [0, 0.05) is 33.2 Å². The summed E-state index contributed by atoms with van der Waals surface area (Å²) in [4.78, 5) is 15.7. The van der Waals surface area contributed by atoms with E-state index < -0.39 is 0 Å². The first-order valence-electron chi connectivity index (χ1n) is 6.45. The molecule has 0 fully saturated rings. The molecule has 0 spiro atoms. The van der Waals surface area contributed by atoms with Crippen LogP contribution in [0.1, 0.15) is 27.0 Å². The van der Waals surface area contributed by atoms with Crippen LogP contribution < -0.4 is 0 Å². The fourth-order valence-electron chi connectivity index (χ4n) is 2.32. The van der Waals surface area contributed by atoms with E-state index in [4.69, 9.17) is 11.6 Å². The van der Waals surface area contributed by atoms with Crippen LogP contribution >= 0.6 is 11.6 Å². The Labute approximate surface area is 122 Å². The second-order valence-corrected chi connectivity index (χ2v) is 5.45. The van der Waals surface area contributed by atoms with E-state index in [1.807, 2.05) is 44.2 Å². The second kappa shape index (κ2) is 4.80.